The van der Waals surface area contributed by atoms with Crippen molar-refractivity contribution < 1.29 is 0 Å². The van der Waals surface area contributed by atoms with Crippen LogP contribution in [-0.2, 0) is 0 Å². The quantitative estimate of drug-likeness (QED) is 0.178. The smallest absolute Gasteiger partial charge is 0.0625 e. The summed E-state index contributed by atoms with van der Waals surface area (Å²) in [6.07, 6.45) is 0. The van der Waals surface area contributed by atoms with Crippen LogP contribution in [-0.4, -0.2) is 0 Å². The highest BCUT2D eigenvalue weighted by atomic mass is 15.1. The number of hydrogen-bond donors (Lipinski definition) is 0. The number of hydrogen-bond acceptors (Lipinski definition) is 1. The monoisotopic (exact) mass is 597 g/mol. The van der Waals surface area contributed by atoms with Crippen molar-refractivity contribution >= 4 is 60.2 Å². The molecule has 0 radical (unpaired) electrons. The van der Waals surface area contributed by atoms with Gasteiger partial charge in [-0.2, -0.15) is 0 Å². The van der Waals surface area contributed by atoms with Crippen LogP contribution in [0.25, 0.3) is 65.3 Å². The first-order valence-electron chi connectivity index (χ1n) is 16.2. The molecule has 0 spiro atoms. The van der Waals surface area contributed by atoms with Crippen molar-refractivity contribution in [2.24, 2.45) is 0 Å². The van der Waals surface area contributed by atoms with E-state index in [0.29, 0.717) is 0 Å². The van der Waals surface area contributed by atoms with Gasteiger partial charge in [-0.1, -0.05) is 164 Å². The molecule has 0 aliphatic heterocycles. The van der Waals surface area contributed by atoms with Gasteiger partial charge in [-0.25, -0.2) is 0 Å². The lowest BCUT2D eigenvalue weighted by molar-refractivity contribution is 1.32. The second kappa shape index (κ2) is 11.3. The van der Waals surface area contributed by atoms with E-state index in [1.807, 2.05) is 0 Å². The average Bonchev–Trinajstić information content (AvgIpc) is 3.15. The van der Waals surface area contributed by atoms with E-state index in [-0.39, 0.29) is 0 Å². The molecule has 0 aliphatic carbocycles. The Hall–Kier alpha value is -6.18. The van der Waals surface area contributed by atoms with Gasteiger partial charge >= 0.3 is 0 Å². The van der Waals surface area contributed by atoms with Gasteiger partial charge in [0, 0.05) is 22.0 Å². The molecule has 0 amide bonds. The summed E-state index contributed by atoms with van der Waals surface area (Å²) in [7, 11) is 0. The van der Waals surface area contributed by atoms with Gasteiger partial charge in [0.1, 0.15) is 0 Å². The van der Waals surface area contributed by atoms with Crippen LogP contribution in [0.2, 0.25) is 0 Å². The molecule has 0 saturated carbocycles. The predicted octanol–water partition coefficient (Wildman–Crippen LogP) is 13.1. The maximum Gasteiger partial charge on any atom is 0.0625 e. The molecule has 0 bridgehead atoms. The van der Waals surface area contributed by atoms with Crippen LogP contribution in [0.4, 0.5) is 17.1 Å². The second-order valence-corrected chi connectivity index (χ2v) is 12.1. The van der Waals surface area contributed by atoms with Gasteiger partial charge < -0.3 is 4.90 Å². The van der Waals surface area contributed by atoms with E-state index < -0.39 is 0 Å². The Labute approximate surface area is 274 Å². The minimum atomic E-state index is 1.13. The first-order chi connectivity index (χ1) is 23.3. The molecule has 9 rings (SSSR count). The number of fused-ring (bicyclic) bond motifs is 5. The van der Waals surface area contributed by atoms with Gasteiger partial charge in [0.05, 0.1) is 11.4 Å². The fourth-order valence-corrected chi connectivity index (χ4v) is 7.24. The zero-order chi connectivity index (χ0) is 31.2. The molecule has 220 valence electrons. The third-order valence-electron chi connectivity index (χ3n) is 9.39. The normalized spacial score (nSPS) is 11.4. The molecule has 0 heterocycles. The maximum atomic E-state index is 2.51. The third kappa shape index (κ3) is 4.64. The lowest BCUT2D eigenvalue weighted by Gasteiger charge is -2.31. The van der Waals surface area contributed by atoms with Crippen LogP contribution >= 0.6 is 0 Å². The van der Waals surface area contributed by atoms with Gasteiger partial charge in [-0.15, -0.1) is 0 Å². The predicted molar refractivity (Wildman–Crippen MR) is 202 cm³/mol. The average molecular weight is 598 g/mol. The van der Waals surface area contributed by atoms with Crippen LogP contribution in [0.5, 0.6) is 0 Å². The molecule has 1 heteroatoms. The molecule has 0 aliphatic rings. The van der Waals surface area contributed by atoms with Crippen LogP contribution in [0, 0.1) is 0 Å². The van der Waals surface area contributed by atoms with E-state index in [4.69, 9.17) is 0 Å². The van der Waals surface area contributed by atoms with Crippen LogP contribution < -0.4 is 4.90 Å². The molecule has 1 nitrogen and oxygen atoms in total. The molecular weight excluding hydrogens is 567 g/mol. The lowest BCUT2D eigenvalue weighted by Crippen LogP contribution is -2.13. The Morgan fingerprint density at radius 1 is 0.298 bits per heavy atom. The van der Waals surface area contributed by atoms with E-state index in [0.717, 1.165) is 11.4 Å². The van der Waals surface area contributed by atoms with Crippen LogP contribution in [0.1, 0.15) is 0 Å². The van der Waals surface area contributed by atoms with Crippen molar-refractivity contribution in [2.45, 2.75) is 0 Å². The van der Waals surface area contributed by atoms with E-state index >= 15 is 0 Å². The summed E-state index contributed by atoms with van der Waals surface area (Å²) in [5.41, 5.74) is 8.28. The number of rotatable bonds is 5. The van der Waals surface area contributed by atoms with E-state index in [2.05, 4.69) is 193 Å². The van der Waals surface area contributed by atoms with Gasteiger partial charge in [0.2, 0.25) is 0 Å². The molecule has 0 fully saturated rings. The zero-order valence-electron chi connectivity index (χ0n) is 25.8. The first kappa shape index (κ1) is 27.2. The van der Waals surface area contributed by atoms with Gasteiger partial charge in [0.15, 0.2) is 0 Å². The topological polar surface area (TPSA) is 3.24 Å². The Morgan fingerprint density at radius 2 is 0.851 bits per heavy atom. The summed E-state index contributed by atoms with van der Waals surface area (Å²) in [5.74, 6) is 0. The summed E-state index contributed by atoms with van der Waals surface area (Å²) in [5, 5.41) is 9.82. The van der Waals surface area contributed by atoms with Crippen molar-refractivity contribution in [1.82, 2.24) is 0 Å². The van der Waals surface area contributed by atoms with Gasteiger partial charge in [0.25, 0.3) is 0 Å². The van der Waals surface area contributed by atoms with Crippen molar-refractivity contribution in [1.29, 1.82) is 0 Å². The van der Waals surface area contributed by atoms with Crippen molar-refractivity contribution in [3.8, 4) is 22.3 Å². The zero-order valence-corrected chi connectivity index (χ0v) is 25.8. The molecular formula is C46H31N. The summed E-state index contributed by atoms with van der Waals surface area (Å²) >= 11 is 0. The van der Waals surface area contributed by atoms with Crippen molar-refractivity contribution in [3.05, 3.63) is 188 Å². The molecule has 0 N–H and O–H groups in total. The minimum absolute atomic E-state index is 1.13. The number of nitrogens with zero attached hydrogens (tertiary/aromatic N) is 1. The molecule has 9 aromatic carbocycles. The minimum Gasteiger partial charge on any atom is -0.309 e. The van der Waals surface area contributed by atoms with E-state index in [1.165, 1.54) is 71.0 Å². The molecule has 0 aromatic heterocycles. The SMILES string of the molecule is c1ccc(-c2cccc(-c3c(N(c4ccc5ccccc5c4)c4cccc5ccccc45)c4ccccc4c4ccccc34)c2)cc1. The summed E-state index contributed by atoms with van der Waals surface area (Å²) in [6.45, 7) is 0. The second-order valence-electron chi connectivity index (χ2n) is 12.1. The first-order valence-corrected chi connectivity index (χ1v) is 16.2. The van der Waals surface area contributed by atoms with Crippen molar-refractivity contribution in [2.75, 3.05) is 4.90 Å². The highest BCUT2D eigenvalue weighted by Crippen LogP contribution is 2.51. The fourth-order valence-electron chi connectivity index (χ4n) is 7.24. The summed E-state index contributed by atoms with van der Waals surface area (Å²) < 4.78 is 0. The van der Waals surface area contributed by atoms with Crippen LogP contribution in [0.15, 0.2) is 188 Å². The maximum absolute atomic E-state index is 2.51. The highest BCUT2D eigenvalue weighted by Gasteiger charge is 2.25. The van der Waals surface area contributed by atoms with Crippen molar-refractivity contribution in [3.63, 3.8) is 0 Å². The van der Waals surface area contributed by atoms with Gasteiger partial charge in [-0.3, -0.25) is 0 Å². The molecule has 0 saturated heterocycles. The Morgan fingerprint density at radius 3 is 1.66 bits per heavy atom. The lowest BCUT2D eigenvalue weighted by atomic mass is 9.88. The summed E-state index contributed by atoms with van der Waals surface area (Å²) in [6, 6.07) is 68.4. The third-order valence-corrected chi connectivity index (χ3v) is 9.39. The summed E-state index contributed by atoms with van der Waals surface area (Å²) in [4.78, 5) is 2.51. The highest BCUT2D eigenvalue weighted by molar-refractivity contribution is 6.23. The van der Waals surface area contributed by atoms with Crippen LogP contribution in [0.3, 0.4) is 0 Å². The van der Waals surface area contributed by atoms with E-state index in [1.54, 1.807) is 0 Å². The Balaban J connectivity index is 1.45. The Kier molecular flexibility index (Phi) is 6.54. The van der Waals surface area contributed by atoms with Gasteiger partial charge in [-0.05, 0) is 73.3 Å². The number of anilines is 3. The molecule has 47 heavy (non-hydrogen) atoms. The standard InChI is InChI=1S/C46H31N/c1-2-14-32(15-3-1)35-20-12-21-37(30-35)45-42-25-10-8-23-40(42)41-24-9-11-26-43(41)46(45)47(38-29-28-33-16-4-5-18-36(33)31-38)44-27-13-19-34-17-6-7-22-39(34)44/h1-31H. The molecule has 0 unspecified atom stereocenters. The Bertz CT molecular complexity index is 2580. The molecule has 9 aromatic rings. The number of benzene rings is 9. The fraction of sp³-hybridized carbons (Fsp3) is 0. The largest absolute Gasteiger partial charge is 0.309 e. The molecule has 0 atom stereocenters. The van der Waals surface area contributed by atoms with E-state index in [9.17, 15) is 0 Å².